The molecule has 0 aliphatic carbocycles. The maximum atomic E-state index is 11.7. The van der Waals surface area contributed by atoms with Gasteiger partial charge in [0.1, 0.15) is 0 Å². The van der Waals surface area contributed by atoms with Gasteiger partial charge in [-0.05, 0) is 28.9 Å². The van der Waals surface area contributed by atoms with E-state index in [9.17, 15) is 8.78 Å². The number of alkyl halides is 2. The average Bonchev–Trinajstić information content (AvgIpc) is 1.94. The van der Waals surface area contributed by atoms with Gasteiger partial charge in [0.15, 0.2) is 5.75 Å². The topological polar surface area (TPSA) is 22.1 Å². The van der Waals surface area contributed by atoms with E-state index in [1.165, 1.54) is 6.20 Å². The predicted octanol–water partition coefficient (Wildman–Crippen LogP) is 2.75. The number of nitrogens with zero attached hydrogens (tertiary/aromatic N) is 1. The second kappa shape index (κ2) is 3.80. The zero-order chi connectivity index (χ0) is 9.14. The van der Waals surface area contributed by atoms with Gasteiger partial charge in [-0.3, -0.25) is 4.98 Å². The molecule has 1 heterocycles. The van der Waals surface area contributed by atoms with Crippen molar-refractivity contribution in [2.75, 3.05) is 0 Å². The molecular weight excluding hydrogens is 232 g/mol. The summed E-state index contributed by atoms with van der Waals surface area (Å²) in [6, 6.07) is 1.61. The largest absolute Gasteiger partial charge is 0.432 e. The molecule has 0 unspecified atom stereocenters. The molecule has 0 spiro atoms. The highest BCUT2D eigenvalue weighted by Crippen LogP contribution is 2.25. The molecule has 5 heteroatoms. The minimum absolute atomic E-state index is 0.0515. The van der Waals surface area contributed by atoms with Crippen molar-refractivity contribution in [1.29, 1.82) is 0 Å². The van der Waals surface area contributed by atoms with Gasteiger partial charge in [0.05, 0.1) is 10.7 Å². The Labute approximate surface area is 76.7 Å². The summed E-state index contributed by atoms with van der Waals surface area (Å²) >= 11 is 3.08. The maximum Gasteiger partial charge on any atom is 0.387 e. The van der Waals surface area contributed by atoms with Crippen LogP contribution in [0, 0.1) is 6.92 Å². The first-order valence-corrected chi connectivity index (χ1v) is 3.96. The van der Waals surface area contributed by atoms with E-state index < -0.39 is 6.61 Å². The Balaban J connectivity index is 2.86. The highest BCUT2D eigenvalue weighted by atomic mass is 79.9. The fourth-order valence-electron chi connectivity index (χ4n) is 0.697. The number of rotatable bonds is 2. The Morgan fingerprint density at radius 2 is 2.25 bits per heavy atom. The number of pyridine rings is 1. The Morgan fingerprint density at radius 3 is 2.75 bits per heavy atom. The molecule has 1 rings (SSSR count). The van der Waals surface area contributed by atoms with E-state index in [0.29, 0.717) is 4.47 Å². The van der Waals surface area contributed by atoms with Gasteiger partial charge in [-0.25, -0.2) is 0 Å². The summed E-state index contributed by atoms with van der Waals surface area (Å²) in [4.78, 5) is 3.80. The molecule has 0 amide bonds. The van der Waals surface area contributed by atoms with Crippen molar-refractivity contribution in [3.8, 4) is 5.75 Å². The van der Waals surface area contributed by atoms with Gasteiger partial charge in [-0.15, -0.1) is 0 Å². The van der Waals surface area contributed by atoms with Crippen molar-refractivity contribution in [2.24, 2.45) is 0 Å². The first-order chi connectivity index (χ1) is 5.59. The average molecular weight is 238 g/mol. The van der Waals surface area contributed by atoms with Crippen LogP contribution in [0.15, 0.2) is 16.7 Å². The fraction of sp³-hybridized carbons (Fsp3) is 0.286. The number of aryl methyl sites for hydroxylation is 1. The molecule has 0 aliphatic heterocycles. The molecular formula is C7H6BrF2NO. The number of ether oxygens (including phenoxy) is 1. The van der Waals surface area contributed by atoms with Crippen molar-refractivity contribution in [3.05, 3.63) is 22.4 Å². The molecule has 0 saturated carbocycles. The maximum absolute atomic E-state index is 11.7. The minimum atomic E-state index is -2.81. The lowest BCUT2D eigenvalue weighted by molar-refractivity contribution is -0.0506. The van der Waals surface area contributed by atoms with Gasteiger partial charge in [0, 0.05) is 5.69 Å². The molecule has 0 atom stereocenters. The first kappa shape index (κ1) is 9.38. The summed E-state index contributed by atoms with van der Waals surface area (Å²) in [5.74, 6) is 0.0515. The fourth-order valence-corrected chi connectivity index (χ4v) is 1.22. The van der Waals surface area contributed by atoms with Crippen molar-refractivity contribution in [2.45, 2.75) is 13.5 Å². The van der Waals surface area contributed by atoms with Gasteiger partial charge in [-0.1, -0.05) is 0 Å². The molecule has 0 aromatic carbocycles. The molecule has 66 valence electrons. The van der Waals surface area contributed by atoms with Crippen LogP contribution in [0.5, 0.6) is 5.75 Å². The lowest BCUT2D eigenvalue weighted by atomic mass is 10.4. The molecule has 0 aliphatic rings. The van der Waals surface area contributed by atoms with Crippen LogP contribution in [-0.2, 0) is 0 Å². The lowest BCUT2D eigenvalue weighted by Gasteiger charge is -2.05. The van der Waals surface area contributed by atoms with Crippen LogP contribution >= 0.6 is 15.9 Å². The molecule has 0 N–H and O–H groups in total. The van der Waals surface area contributed by atoms with Crippen molar-refractivity contribution in [1.82, 2.24) is 4.98 Å². The monoisotopic (exact) mass is 237 g/mol. The molecule has 0 radical (unpaired) electrons. The summed E-state index contributed by atoms with van der Waals surface area (Å²) in [5, 5.41) is 0. The third kappa shape index (κ3) is 2.41. The van der Waals surface area contributed by atoms with Crippen LogP contribution in [-0.4, -0.2) is 11.6 Å². The first-order valence-electron chi connectivity index (χ1n) is 3.16. The normalized spacial score (nSPS) is 10.4. The van der Waals surface area contributed by atoms with Crippen molar-refractivity contribution < 1.29 is 13.5 Å². The number of aromatic nitrogens is 1. The molecule has 0 fully saturated rings. The Kier molecular flexibility index (Phi) is 2.97. The van der Waals surface area contributed by atoms with Gasteiger partial charge in [0.25, 0.3) is 0 Å². The summed E-state index contributed by atoms with van der Waals surface area (Å²) in [5.41, 5.74) is 0.739. The van der Waals surface area contributed by atoms with E-state index in [-0.39, 0.29) is 5.75 Å². The highest BCUT2D eigenvalue weighted by Gasteiger charge is 2.07. The van der Waals surface area contributed by atoms with E-state index in [2.05, 4.69) is 25.7 Å². The van der Waals surface area contributed by atoms with E-state index in [0.717, 1.165) is 5.69 Å². The quantitative estimate of drug-likeness (QED) is 0.790. The van der Waals surface area contributed by atoms with Crippen molar-refractivity contribution >= 4 is 15.9 Å². The Bertz CT molecular complexity index is 280. The lowest BCUT2D eigenvalue weighted by Crippen LogP contribution is -2.03. The van der Waals surface area contributed by atoms with Gasteiger partial charge in [0.2, 0.25) is 0 Å². The second-order valence-corrected chi connectivity index (χ2v) is 2.99. The second-order valence-electron chi connectivity index (χ2n) is 2.13. The standard InChI is InChI=1S/C7H6BrF2NO/c1-4-2-5(8)6(3-11-4)12-7(9)10/h2-3,7H,1H3. The zero-order valence-corrected chi connectivity index (χ0v) is 7.81. The molecule has 2 nitrogen and oxygen atoms in total. The molecule has 0 bridgehead atoms. The number of halogens is 3. The van der Waals surface area contributed by atoms with Crippen LogP contribution < -0.4 is 4.74 Å². The van der Waals surface area contributed by atoms with Gasteiger partial charge >= 0.3 is 6.61 Å². The van der Waals surface area contributed by atoms with E-state index in [1.54, 1.807) is 13.0 Å². The SMILES string of the molecule is Cc1cc(Br)c(OC(F)F)cn1. The van der Waals surface area contributed by atoms with Crippen LogP contribution in [0.25, 0.3) is 0 Å². The highest BCUT2D eigenvalue weighted by molar-refractivity contribution is 9.10. The summed E-state index contributed by atoms with van der Waals surface area (Å²) in [7, 11) is 0. The zero-order valence-electron chi connectivity index (χ0n) is 6.22. The third-order valence-electron chi connectivity index (χ3n) is 1.17. The molecule has 1 aromatic rings. The van der Waals surface area contributed by atoms with Gasteiger partial charge < -0.3 is 4.74 Å². The Hall–Kier alpha value is -0.710. The minimum Gasteiger partial charge on any atom is -0.432 e. The smallest absolute Gasteiger partial charge is 0.387 e. The van der Waals surface area contributed by atoms with E-state index in [1.807, 2.05) is 0 Å². The summed E-state index contributed by atoms with van der Waals surface area (Å²) in [6.45, 7) is -1.05. The van der Waals surface area contributed by atoms with Crippen molar-refractivity contribution in [3.63, 3.8) is 0 Å². The van der Waals surface area contributed by atoms with Crippen LogP contribution in [0.3, 0.4) is 0 Å². The predicted molar refractivity (Wildman–Crippen MR) is 43.3 cm³/mol. The molecule has 1 aromatic heterocycles. The molecule has 12 heavy (non-hydrogen) atoms. The van der Waals surface area contributed by atoms with Crippen LogP contribution in [0.1, 0.15) is 5.69 Å². The Morgan fingerprint density at radius 1 is 1.58 bits per heavy atom. The number of hydrogen-bond acceptors (Lipinski definition) is 2. The van der Waals surface area contributed by atoms with E-state index >= 15 is 0 Å². The van der Waals surface area contributed by atoms with E-state index in [4.69, 9.17) is 0 Å². The number of hydrogen-bond donors (Lipinski definition) is 0. The summed E-state index contributed by atoms with van der Waals surface area (Å²) < 4.78 is 28.1. The molecule has 0 saturated heterocycles. The van der Waals surface area contributed by atoms with Crippen LogP contribution in [0.2, 0.25) is 0 Å². The van der Waals surface area contributed by atoms with Gasteiger partial charge in [-0.2, -0.15) is 8.78 Å². The third-order valence-corrected chi connectivity index (χ3v) is 1.79. The summed E-state index contributed by atoms with van der Waals surface area (Å²) in [6.07, 6.45) is 1.26. The van der Waals surface area contributed by atoms with Crippen LogP contribution in [0.4, 0.5) is 8.78 Å².